The molecule has 1 aromatic rings. The zero-order valence-corrected chi connectivity index (χ0v) is 14.9. The van der Waals surface area contributed by atoms with Gasteiger partial charge in [0.2, 0.25) is 0 Å². The Bertz CT molecular complexity index is 512. The molecular weight excluding hydrogens is 308 g/mol. The molecule has 2 aliphatic heterocycles. The largest absolute Gasteiger partial charge is 0.324 e. The first-order valence-electron chi connectivity index (χ1n) is 8.97. The van der Waals surface area contributed by atoms with Crippen LogP contribution in [0.25, 0.3) is 0 Å². The summed E-state index contributed by atoms with van der Waals surface area (Å²) in [5.74, 6) is 0.630. The fraction of sp³-hybridized carbons (Fsp3) is 0.765. The predicted molar refractivity (Wildman–Crippen MR) is 95.1 cm³/mol. The highest BCUT2D eigenvalue weighted by Gasteiger charge is 2.28. The number of nitrogens with zero attached hydrogens (tertiary/aromatic N) is 3. The first kappa shape index (κ1) is 16.7. The minimum Gasteiger partial charge on any atom is -0.324 e. The number of aromatic nitrogens is 1. The summed E-state index contributed by atoms with van der Waals surface area (Å²) in [6.45, 7) is 7.55. The minimum atomic E-state index is 0.0172. The van der Waals surface area contributed by atoms with E-state index in [0.29, 0.717) is 5.92 Å². The number of rotatable bonds is 5. The normalized spacial score (nSPS) is 22.5. The molecule has 0 radical (unpaired) electrons. The van der Waals surface area contributed by atoms with E-state index in [9.17, 15) is 4.79 Å². The Labute approximate surface area is 143 Å². The highest BCUT2D eigenvalue weighted by molar-refractivity contribution is 7.15. The average molecular weight is 337 g/mol. The van der Waals surface area contributed by atoms with E-state index in [1.54, 1.807) is 11.3 Å². The summed E-state index contributed by atoms with van der Waals surface area (Å²) in [6.07, 6.45) is 9.20. The number of hydrogen-bond acceptors (Lipinski definition) is 4. The Kier molecular flexibility index (Phi) is 5.89. The van der Waals surface area contributed by atoms with E-state index < -0.39 is 0 Å². The number of aryl methyl sites for hydroxylation is 1. The second kappa shape index (κ2) is 8.11. The standard InChI is InChI=1S/C17H28N4OS/c1-2-6-15-11-18-16(23-15)19-17(22)21-10-7-14(13-21)12-20-8-4-3-5-9-20/h11,14H,2-10,12-13H2,1H3,(H,18,19,22). The molecule has 3 rings (SSSR count). The lowest BCUT2D eigenvalue weighted by atomic mass is 10.1. The zero-order valence-electron chi connectivity index (χ0n) is 14.1. The lowest BCUT2D eigenvalue weighted by molar-refractivity contribution is 0.192. The number of urea groups is 1. The van der Waals surface area contributed by atoms with Gasteiger partial charge in [0.1, 0.15) is 0 Å². The van der Waals surface area contributed by atoms with E-state index >= 15 is 0 Å². The summed E-state index contributed by atoms with van der Waals surface area (Å²) in [7, 11) is 0. The molecule has 0 aromatic carbocycles. The number of hydrogen-bond donors (Lipinski definition) is 1. The molecule has 6 heteroatoms. The molecule has 1 N–H and O–H groups in total. The smallest absolute Gasteiger partial charge is 0.323 e. The number of amides is 2. The molecule has 23 heavy (non-hydrogen) atoms. The Morgan fingerprint density at radius 2 is 2.17 bits per heavy atom. The van der Waals surface area contributed by atoms with Crippen molar-refractivity contribution in [2.75, 3.05) is 38.0 Å². The van der Waals surface area contributed by atoms with Crippen LogP contribution in [0.5, 0.6) is 0 Å². The first-order valence-corrected chi connectivity index (χ1v) is 9.79. The van der Waals surface area contributed by atoms with E-state index in [2.05, 4.69) is 22.1 Å². The fourth-order valence-corrected chi connectivity index (χ4v) is 4.47. The maximum Gasteiger partial charge on any atom is 0.323 e. The van der Waals surface area contributed by atoms with Crippen molar-refractivity contribution in [1.29, 1.82) is 0 Å². The van der Waals surface area contributed by atoms with Crippen molar-refractivity contribution in [3.8, 4) is 0 Å². The number of anilines is 1. The number of thiazole rings is 1. The SMILES string of the molecule is CCCc1cnc(NC(=O)N2CCC(CN3CCCCC3)C2)s1. The lowest BCUT2D eigenvalue weighted by Crippen LogP contribution is -2.37. The van der Waals surface area contributed by atoms with Gasteiger partial charge >= 0.3 is 6.03 Å². The number of likely N-dealkylation sites (tertiary alicyclic amines) is 2. The highest BCUT2D eigenvalue weighted by atomic mass is 32.1. The second-order valence-electron chi connectivity index (χ2n) is 6.77. The molecule has 5 nitrogen and oxygen atoms in total. The van der Waals surface area contributed by atoms with Crippen LogP contribution in [-0.4, -0.2) is 53.5 Å². The number of carbonyl (C=O) groups excluding carboxylic acids is 1. The summed E-state index contributed by atoms with van der Waals surface area (Å²) in [6, 6.07) is 0.0172. The molecule has 1 atom stereocenters. The Hall–Kier alpha value is -1.14. The van der Waals surface area contributed by atoms with Crippen LogP contribution in [0.15, 0.2) is 6.20 Å². The Morgan fingerprint density at radius 1 is 1.35 bits per heavy atom. The highest BCUT2D eigenvalue weighted by Crippen LogP contribution is 2.23. The maximum atomic E-state index is 12.4. The summed E-state index contributed by atoms with van der Waals surface area (Å²) >= 11 is 1.60. The van der Waals surface area contributed by atoms with Crippen molar-refractivity contribution in [2.45, 2.75) is 45.4 Å². The van der Waals surface area contributed by atoms with Crippen molar-refractivity contribution < 1.29 is 4.79 Å². The van der Waals surface area contributed by atoms with E-state index in [1.807, 2.05) is 11.1 Å². The van der Waals surface area contributed by atoms with E-state index in [0.717, 1.165) is 44.0 Å². The van der Waals surface area contributed by atoms with Crippen molar-refractivity contribution in [1.82, 2.24) is 14.8 Å². The molecule has 1 aromatic heterocycles. The topological polar surface area (TPSA) is 48.5 Å². The third-order valence-corrected chi connectivity index (χ3v) is 5.77. The van der Waals surface area contributed by atoms with Gasteiger partial charge in [0.15, 0.2) is 5.13 Å². The summed E-state index contributed by atoms with van der Waals surface area (Å²) in [5, 5.41) is 3.70. The van der Waals surface area contributed by atoms with Crippen LogP contribution >= 0.6 is 11.3 Å². The number of carbonyl (C=O) groups is 1. The van der Waals surface area contributed by atoms with Gasteiger partial charge in [-0.3, -0.25) is 5.32 Å². The Balaban J connectivity index is 1.44. The van der Waals surface area contributed by atoms with Crippen LogP contribution in [0.2, 0.25) is 0 Å². The third kappa shape index (κ3) is 4.67. The summed E-state index contributed by atoms with van der Waals surface area (Å²) in [5.41, 5.74) is 0. The molecule has 1 unspecified atom stereocenters. The molecule has 128 valence electrons. The van der Waals surface area contributed by atoms with Gasteiger partial charge in [0.05, 0.1) is 0 Å². The van der Waals surface area contributed by atoms with Gasteiger partial charge in [-0.1, -0.05) is 19.8 Å². The van der Waals surface area contributed by atoms with Gasteiger partial charge in [-0.15, -0.1) is 11.3 Å². The molecule has 0 aliphatic carbocycles. The van der Waals surface area contributed by atoms with Crippen LogP contribution in [-0.2, 0) is 6.42 Å². The lowest BCUT2D eigenvalue weighted by Gasteiger charge is -2.28. The monoisotopic (exact) mass is 336 g/mol. The minimum absolute atomic E-state index is 0.0172. The van der Waals surface area contributed by atoms with Crippen molar-refractivity contribution in [2.24, 2.45) is 5.92 Å². The van der Waals surface area contributed by atoms with E-state index in [-0.39, 0.29) is 6.03 Å². The van der Waals surface area contributed by atoms with Gasteiger partial charge in [-0.2, -0.15) is 0 Å². The molecule has 0 bridgehead atoms. The molecule has 0 saturated carbocycles. The molecule has 2 aliphatic rings. The fourth-order valence-electron chi connectivity index (χ4n) is 3.57. The zero-order chi connectivity index (χ0) is 16.1. The number of piperidine rings is 1. The molecule has 2 amide bonds. The van der Waals surface area contributed by atoms with Gasteiger partial charge < -0.3 is 9.80 Å². The predicted octanol–water partition coefficient (Wildman–Crippen LogP) is 3.44. The van der Waals surface area contributed by atoms with Crippen LogP contribution in [0.3, 0.4) is 0 Å². The second-order valence-corrected chi connectivity index (χ2v) is 7.89. The van der Waals surface area contributed by atoms with Crippen molar-refractivity contribution in [3.63, 3.8) is 0 Å². The quantitative estimate of drug-likeness (QED) is 0.896. The van der Waals surface area contributed by atoms with E-state index in [1.165, 1.54) is 37.2 Å². The van der Waals surface area contributed by atoms with Gasteiger partial charge in [0.25, 0.3) is 0 Å². The summed E-state index contributed by atoms with van der Waals surface area (Å²) in [4.78, 5) is 22.5. The van der Waals surface area contributed by atoms with Crippen LogP contribution in [0.4, 0.5) is 9.93 Å². The van der Waals surface area contributed by atoms with E-state index in [4.69, 9.17) is 0 Å². The molecule has 3 heterocycles. The van der Waals surface area contributed by atoms with Crippen LogP contribution in [0, 0.1) is 5.92 Å². The molecule has 2 fully saturated rings. The van der Waals surface area contributed by atoms with Gasteiger partial charge in [-0.25, -0.2) is 9.78 Å². The summed E-state index contributed by atoms with van der Waals surface area (Å²) < 4.78 is 0. The molecule has 0 spiro atoms. The van der Waals surface area contributed by atoms with Crippen LogP contribution in [0.1, 0.15) is 43.9 Å². The van der Waals surface area contributed by atoms with Crippen molar-refractivity contribution >= 4 is 22.5 Å². The van der Waals surface area contributed by atoms with Crippen LogP contribution < -0.4 is 5.32 Å². The first-order chi connectivity index (χ1) is 11.2. The maximum absolute atomic E-state index is 12.4. The van der Waals surface area contributed by atoms with Gasteiger partial charge in [0, 0.05) is 30.7 Å². The third-order valence-electron chi connectivity index (χ3n) is 4.80. The average Bonchev–Trinajstić information content (AvgIpc) is 3.18. The number of nitrogens with one attached hydrogen (secondary N) is 1. The van der Waals surface area contributed by atoms with Crippen molar-refractivity contribution in [3.05, 3.63) is 11.1 Å². The Morgan fingerprint density at radius 3 is 2.96 bits per heavy atom. The molecule has 2 saturated heterocycles. The molecular formula is C17H28N4OS. The van der Waals surface area contributed by atoms with Gasteiger partial charge in [-0.05, 0) is 44.7 Å².